The highest BCUT2D eigenvalue weighted by Gasteiger charge is 2.19. The first kappa shape index (κ1) is 13.3. The molecule has 16 heavy (non-hydrogen) atoms. The van der Waals surface area contributed by atoms with Crippen LogP contribution in [0.5, 0.6) is 5.75 Å². The van der Waals surface area contributed by atoms with Gasteiger partial charge in [-0.2, -0.15) is 0 Å². The van der Waals surface area contributed by atoms with Gasteiger partial charge in [-0.25, -0.2) is 0 Å². The molecule has 2 N–H and O–H groups in total. The molecule has 0 amide bonds. The Labute approximate surface area is 103 Å². The predicted molar refractivity (Wildman–Crippen MR) is 69.3 cm³/mol. The fourth-order valence-corrected chi connectivity index (χ4v) is 1.79. The van der Waals surface area contributed by atoms with Gasteiger partial charge >= 0.3 is 0 Å². The van der Waals surface area contributed by atoms with E-state index in [0.717, 1.165) is 28.3 Å². The molecule has 0 aliphatic rings. The molecule has 0 unspecified atom stereocenters. The molecule has 0 aliphatic heterocycles. The maximum Gasteiger partial charge on any atom is 0.120 e. The van der Waals surface area contributed by atoms with Gasteiger partial charge in [-0.3, -0.25) is 0 Å². The Bertz CT molecular complexity index is 351. The summed E-state index contributed by atoms with van der Waals surface area (Å²) in [5.74, 6) is 0.859. The maximum atomic E-state index is 6.11. The highest BCUT2D eigenvalue weighted by atomic mass is 35.5. The van der Waals surface area contributed by atoms with Crippen LogP contribution in [0.25, 0.3) is 0 Å². The van der Waals surface area contributed by atoms with Crippen LogP contribution in [0, 0.1) is 13.8 Å². The van der Waals surface area contributed by atoms with Gasteiger partial charge in [0.1, 0.15) is 11.4 Å². The molecular formula is C13H20ClNO. The molecule has 90 valence electrons. The van der Waals surface area contributed by atoms with Crippen molar-refractivity contribution in [3.63, 3.8) is 0 Å². The molecule has 0 radical (unpaired) electrons. The minimum atomic E-state index is -0.235. The average molecular weight is 242 g/mol. The number of rotatable bonds is 4. The predicted octanol–water partition coefficient (Wildman–Crippen LogP) is 3.46. The van der Waals surface area contributed by atoms with Crippen LogP contribution < -0.4 is 10.5 Å². The molecule has 0 spiro atoms. The Morgan fingerprint density at radius 1 is 1.25 bits per heavy atom. The summed E-state index contributed by atoms with van der Waals surface area (Å²) in [7, 11) is 0. The average Bonchev–Trinajstić information content (AvgIpc) is 2.13. The van der Waals surface area contributed by atoms with Crippen molar-refractivity contribution >= 4 is 11.6 Å². The zero-order chi connectivity index (χ0) is 12.3. The fourth-order valence-electron chi connectivity index (χ4n) is 1.68. The van der Waals surface area contributed by atoms with Gasteiger partial charge in [-0.05, 0) is 63.9 Å². The van der Waals surface area contributed by atoms with Crippen LogP contribution >= 0.6 is 11.6 Å². The van der Waals surface area contributed by atoms with Gasteiger partial charge in [0.15, 0.2) is 0 Å². The lowest BCUT2D eigenvalue weighted by Crippen LogP contribution is -2.31. The van der Waals surface area contributed by atoms with E-state index in [0.29, 0.717) is 6.54 Å². The van der Waals surface area contributed by atoms with Gasteiger partial charge in [-0.15, -0.1) is 0 Å². The lowest BCUT2D eigenvalue weighted by molar-refractivity contribution is 0.102. The van der Waals surface area contributed by atoms with Crippen molar-refractivity contribution in [2.45, 2.75) is 39.7 Å². The summed E-state index contributed by atoms with van der Waals surface area (Å²) in [4.78, 5) is 0. The summed E-state index contributed by atoms with van der Waals surface area (Å²) in [5, 5.41) is 0.809. The molecular weight excluding hydrogens is 222 g/mol. The van der Waals surface area contributed by atoms with E-state index in [-0.39, 0.29) is 5.60 Å². The topological polar surface area (TPSA) is 35.2 Å². The van der Waals surface area contributed by atoms with E-state index in [1.807, 2.05) is 39.8 Å². The standard InChI is InChI=1S/C13H20ClNO/c1-9-7-11(8-10(2)12(9)14)16-13(3,4)5-6-15/h7-8H,5-6,15H2,1-4H3. The second kappa shape index (κ2) is 5.07. The van der Waals surface area contributed by atoms with Gasteiger partial charge in [0, 0.05) is 5.02 Å². The van der Waals surface area contributed by atoms with Gasteiger partial charge in [-0.1, -0.05) is 11.6 Å². The Morgan fingerprint density at radius 3 is 2.19 bits per heavy atom. The zero-order valence-electron chi connectivity index (χ0n) is 10.4. The molecule has 0 bridgehead atoms. The highest BCUT2D eigenvalue weighted by Crippen LogP contribution is 2.28. The van der Waals surface area contributed by atoms with Crippen LogP contribution in [0.2, 0.25) is 5.02 Å². The van der Waals surface area contributed by atoms with Crippen LogP contribution in [0.3, 0.4) is 0 Å². The van der Waals surface area contributed by atoms with E-state index in [2.05, 4.69) is 0 Å². The third-order valence-corrected chi connectivity index (χ3v) is 3.15. The first-order valence-electron chi connectivity index (χ1n) is 5.51. The van der Waals surface area contributed by atoms with Crippen molar-refractivity contribution in [1.82, 2.24) is 0 Å². The number of ether oxygens (including phenoxy) is 1. The Morgan fingerprint density at radius 2 is 1.75 bits per heavy atom. The molecule has 0 fully saturated rings. The summed E-state index contributed by atoms with van der Waals surface area (Å²) in [6.07, 6.45) is 0.827. The Balaban J connectivity index is 2.90. The minimum absolute atomic E-state index is 0.235. The Hall–Kier alpha value is -0.730. The number of benzene rings is 1. The summed E-state index contributed by atoms with van der Waals surface area (Å²) in [6, 6.07) is 3.93. The monoisotopic (exact) mass is 241 g/mol. The van der Waals surface area contributed by atoms with Crippen LogP contribution in [-0.2, 0) is 0 Å². The highest BCUT2D eigenvalue weighted by molar-refractivity contribution is 6.32. The lowest BCUT2D eigenvalue weighted by atomic mass is 10.0. The van der Waals surface area contributed by atoms with Gasteiger partial charge in [0.2, 0.25) is 0 Å². The molecule has 0 atom stereocenters. The molecule has 0 aliphatic carbocycles. The molecule has 0 saturated heterocycles. The van der Waals surface area contributed by atoms with E-state index in [1.54, 1.807) is 0 Å². The summed E-state index contributed by atoms with van der Waals surface area (Å²) in [5.41, 5.74) is 7.40. The first-order chi connectivity index (χ1) is 7.35. The maximum absolute atomic E-state index is 6.11. The second-order valence-electron chi connectivity index (χ2n) is 4.77. The summed E-state index contributed by atoms with van der Waals surface area (Å²) in [6.45, 7) is 8.67. The normalized spacial score (nSPS) is 11.6. The number of hydrogen-bond acceptors (Lipinski definition) is 2. The van der Waals surface area contributed by atoms with E-state index in [1.165, 1.54) is 0 Å². The minimum Gasteiger partial charge on any atom is -0.488 e. The van der Waals surface area contributed by atoms with E-state index in [4.69, 9.17) is 22.1 Å². The van der Waals surface area contributed by atoms with Crippen molar-refractivity contribution in [2.24, 2.45) is 5.73 Å². The van der Waals surface area contributed by atoms with Crippen molar-refractivity contribution < 1.29 is 4.74 Å². The third kappa shape index (κ3) is 3.39. The van der Waals surface area contributed by atoms with E-state index < -0.39 is 0 Å². The van der Waals surface area contributed by atoms with Crippen LogP contribution in [0.15, 0.2) is 12.1 Å². The first-order valence-corrected chi connectivity index (χ1v) is 5.89. The molecule has 1 rings (SSSR count). The number of nitrogens with two attached hydrogens (primary N) is 1. The van der Waals surface area contributed by atoms with Crippen LogP contribution in [0.4, 0.5) is 0 Å². The van der Waals surface area contributed by atoms with Gasteiger partial charge in [0.05, 0.1) is 0 Å². The van der Waals surface area contributed by atoms with Crippen molar-refractivity contribution in [3.05, 3.63) is 28.3 Å². The summed E-state index contributed by atoms with van der Waals surface area (Å²) < 4.78 is 5.92. The molecule has 1 aromatic carbocycles. The van der Waals surface area contributed by atoms with Crippen molar-refractivity contribution in [2.75, 3.05) is 6.54 Å². The fraction of sp³-hybridized carbons (Fsp3) is 0.538. The largest absolute Gasteiger partial charge is 0.488 e. The Kier molecular flexibility index (Phi) is 4.22. The van der Waals surface area contributed by atoms with E-state index >= 15 is 0 Å². The quantitative estimate of drug-likeness (QED) is 0.876. The SMILES string of the molecule is Cc1cc(OC(C)(C)CCN)cc(C)c1Cl. The van der Waals surface area contributed by atoms with Crippen LogP contribution in [0.1, 0.15) is 31.4 Å². The molecule has 3 heteroatoms. The van der Waals surface area contributed by atoms with Gasteiger partial charge in [0.25, 0.3) is 0 Å². The second-order valence-corrected chi connectivity index (χ2v) is 5.15. The van der Waals surface area contributed by atoms with Crippen molar-refractivity contribution in [1.29, 1.82) is 0 Å². The molecule has 0 heterocycles. The van der Waals surface area contributed by atoms with Crippen molar-refractivity contribution in [3.8, 4) is 5.75 Å². The molecule has 1 aromatic rings. The van der Waals surface area contributed by atoms with E-state index in [9.17, 15) is 0 Å². The molecule has 0 aromatic heterocycles. The smallest absolute Gasteiger partial charge is 0.120 e. The number of hydrogen-bond donors (Lipinski definition) is 1. The number of aryl methyl sites for hydroxylation is 2. The van der Waals surface area contributed by atoms with Gasteiger partial charge < -0.3 is 10.5 Å². The zero-order valence-corrected chi connectivity index (χ0v) is 11.2. The number of halogens is 1. The lowest BCUT2D eigenvalue weighted by Gasteiger charge is -2.26. The molecule has 2 nitrogen and oxygen atoms in total. The van der Waals surface area contributed by atoms with Crippen LogP contribution in [-0.4, -0.2) is 12.1 Å². The summed E-state index contributed by atoms with van der Waals surface area (Å²) >= 11 is 6.11. The third-order valence-electron chi connectivity index (χ3n) is 2.55. The molecule has 0 saturated carbocycles.